The lowest BCUT2D eigenvalue weighted by molar-refractivity contribution is 0.165. The normalized spacial score (nSPS) is 19.2. The second-order valence-electron chi connectivity index (χ2n) is 4.04. The van der Waals surface area contributed by atoms with E-state index in [0.717, 1.165) is 0 Å². The molecule has 1 aliphatic rings. The molecule has 4 nitrogen and oxygen atoms in total. The fraction of sp³-hybridized carbons (Fsp3) is 0.417. The van der Waals surface area contributed by atoms with Crippen molar-refractivity contribution in [3.05, 3.63) is 35.4 Å². The molecule has 98 valence electrons. The van der Waals surface area contributed by atoms with Gasteiger partial charge in [0, 0.05) is 19.2 Å². The molecule has 2 rings (SSSR count). The zero-order valence-corrected chi connectivity index (χ0v) is 10.1. The van der Waals surface area contributed by atoms with E-state index in [1.165, 1.54) is 18.2 Å². The second-order valence-corrected chi connectivity index (χ2v) is 4.04. The number of hydrogen-bond acceptors (Lipinski definition) is 4. The van der Waals surface area contributed by atoms with Crippen LogP contribution in [0.4, 0.5) is 8.78 Å². The molecule has 1 unspecified atom stereocenters. The molecule has 0 spiro atoms. The summed E-state index contributed by atoms with van der Waals surface area (Å²) >= 11 is 0. The van der Waals surface area contributed by atoms with Gasteiger partial charge in [0.15, 0.2) is 5.96 Å². The number of halogens is 2. The summed E-state index contributed by atoms with van der Waals surface area (Å²) in [6.45, 7) is 1.13. The summed E-state index contributed by atoms with van der Waals surface area (Å²) in [5, 5.41) is 0. The van der Waals surface area contributed by atoms with Crippen molar-refractivity contribution >= 4 is 5.96 Å². The fourth-order valence-electron chi connectivity index (χ4n) is 2.07. The maximum absolute atomic E-state index is 13.7. The Labute approximate surface area is 104 Å². The van der Waals surface area contributed by atoms with Gasteiger partial charge in [-0.05, 0) is 12.1 Å². The molecule has 1 aliphatic heterocycles. The summed E-state index contributed by atoms with van der Waals surface area (Å²) in [5.41, 5.74) is 5.73. The van der Waals surface area contributed by atoms with E-state index in [1.54, 1.807) is 12.0 Å². The van der Waals surface area contributed by atoms with Crippen LogP contribution in [0.5, 0.6) is 0 Å². The molecule has 1 heterocycles. The predicted molar refractivity (Wildman–Crippen MR) is 64.2 cm³/mol. The molecule has 0 radical (unpaired) electrons. The third kappa shape index (κ3) is 2.28. The number of nitrogens with zero attached hydrogens (tertiary/aromatic N) is 2. The van der Waals surface area contributed by atoms with E-state index in [2.05, 4.69) is 4.99 Å². The highest BCUT2D eigenvalue weighted by molar-refractivity contribution is 5.80. The number of guanidine groups is 1. The summed E-state index contributed by atoms with van der Waals surface area (Å²) in [7, 11) is 1.56. The molecule has 0 aliphatic carbocycles. The van der Waals surface area contributed by atoms with Gasteiger partial charge in [0.05, 0.1) is 19.2 Å². The zero-order chi connectivity index (χ0) is 13.1. The molecule has 2 N–H and O–H groups in total. The van der Waals surface area contributed by atoms with E-state index in [1.807, 2.05) is 0 Å². The molecule has 0 fully saturated rings. The Kier molecular flexibility index (Phi) is 3.76. The van der Waals surface area contributed by atoms with Crippen LogP contribution in [-0.2, 0) is 4.74 Å². The number of nitrogens with two attached hydrogens (primary N) is 1. The minimum atomic E-state index is -0.577. The monoisotopic (exact) mass is 255 g/mol. The average molecular weight is 255 g/mol. The molecular weight excluding hydrogens is 240 g/mol. The number of ether oxygens (including phenoxy) is 1. The molecule has 0 aromatic heterocycles. The lowest BCUT2D eigenvalue weighted by Crippen LogP contribution is -2.38. The first kappa shape index (κ1) is 12.8. The van der Waals surface area contributed by atoms with Gasteiger partial charge < -0.3 is 15.4 Å². The van der Waals surface area contributed by atoms with Crippen LogP contribution in [0.25, 0.3) is 0 Å². The Bertz CT molecular complexity index is 444. The SMILES string of the molecule is COCCN1C(N)=NCC1c1c(F)cccc1F. The molecule has 0 saturated carbocycles. The van der Waals surface area contributed by atoms with Crippen LogP contribution >= 0.6 is 0 Å². The number of hydrogen-bond donors (Lipinski definition) is 1. The van der Waals surface area contributed by atoms with Crippen LogP contribution in [0.15, 0.2) is 23.2 Å². The van der Waals surface area contributed by atoms with Crippen LogP contribution in [0.3, 0.4) is 0 Å². The molecule has 6 heteroatoms. The molecule has 0 amide bonds. The summed E-state index contributed by atoms with van der Waals surface area (Å²) in [6.07, 6.45) is 0. The molecule has 1 aromatic rings. The van der Waals surface area contributed by atoms with Crippen LogP contribution in [-0.4, -0.2) is 37.7 Å². The Morgan fingerprint density at radius 2 is 2.11 bits per heavy atom. The van der Waals surface area contributed by atoms with Crippen molar-refractivity contribution in [2.45, 2.75) is 6.04 Å². The van der Waals surface area contributed by atoms with E-state index in [0.29, 0.717) is 19.1 Å². The summed E-state index contributed by atoms with van der Waals surface area (Å²) in [5.74, 6) is -0.862. The van der Waals surface area contributed by atoms with Gasteiger partial charge in [-0.2, -0.15) is 0 Å². The van der Waals surface area contributed by atoms with E-state index in [9.17, 15) is 8.78 Å². The molecular formula is C12H15F2N3O. The highest BCUT2D eigenvalue weighted by Crippen LogP contribution is 2.29. The standard InChI is InChI=1S/C12H15F2N3O/c1-18-6-5-17-10(7-16-12(17)15)11-8(13)3-2-4-9(11)14/h2-4,10H,5-7H2,1H3,(H2,15,16). The zero-order valence-electron chi connectivity index (χ0n) is 10.1. The van der Waals surface area contributed by atoms with Crippen LogP contribution < -0.4 is 5.73 Å². The number of methoxy groups -OCH3 is 1. The maximum atomic E-state index is 13.7. The summed E-state index contributed by atoms with van der Waals surface area (Å²) < 4.78 is 32.4. The van der Waals surface area contributed by atoms with E-state index < -0.39 is 17.7 Å². The minimum Gasteiger partial charge on any atom is -0.383 e. The Hall–Kier alpha value is -1.69. The van der Waals surface area contributed by atoms with E-state index in [-0.39, 0.29) is 12.1 Å². The van der Waals surface area contributed by atoms with E-state index >= 15 is 0 Å². The average Bonchev–Trinajstić information content (AvgIpc) is 2.68. The minimum absolute atomic E-state index is 0.0119. The lowest BCUT2D eigenvalue weighted by atomic mass is 10.0. The van der Waals surface area contributed by atoms with Gasteiger partial charge in [0.25, 0.3) is 0 Å². The van der Waals surface area contributed by atoms with Crippen molar-refractivity contribution in [3.8, 4) is 0 Å². The Morgan fingerprint density at radius 3 is 2.72 bits per heavy atom. The molecule has 0 saturated heterocycles. The first-order valence-corrected chi connectivity index (χ1v) is 5.64. The highest BCUT2D eigenvalue weighted by Gasteiger charge is 2.31. The van der Waals surface area contributed by atoms with E-state index in [4.69, 9.17) is 10.5 Å². The van der Waals surface area contributed by atoms with Crippen molar-refractivity contribution in [1.29, 1.82) is 0 Å². The van der Waals surface area contributed by atoms with Gasteiger partial charge >= 0.3 is 0 Å². The van der Waals surface area contributed by atoms with Gasteiger partial charge in [-0.25, -0.2) is 8.78 Å². The molecule has 1 atom stereocenters. The first-order valence-electron chi connectivity index (χ1n) is 5.64. The molecule has 0 bridgehead atoms. The third-order valence-electron chi connectivity index (χ3n) is 2.97. The maximum Gasteiger partial charge on any atom is 0.192 e. The number of benzene rings is 1. The van der Waals surface area contributed by atoms with Crippen LogP contribution in [0, 0.1) is 11.6 Å². The van der Waals surface area contributed by atoms with Gasteiger partial charge in [0.2, 0.25) is 0 Å². The van der Waals surface area contributed by atoms with Crippen LogP contribution in [0.1, 0.15) is 11.6 Å². The quantitative estimate of drug-likeness (QED) is 0.881. The highest BCUT2D eigenvalue weighted by atomic mass is 19.1. The first-order chi connectivity index (χ1) is 8.65. The van der Waals surface area contributed by atoms with Crippen molar-refractivity contribution in [2.75, 3.05) is 26.8 Å². The van der Waals surface area contributed by atoms with Crippen molar-refractivity contribution in [2.24, 2.45) is 10.7 Å². The Morgan fingerprint density at radius 1 is 1.44 bits per heavy atom. The van der Waals surface area contributed by atoms with Crippen molar-refractivity contribution in [1.82, 2.24) is 4.90 Å². The molecule has 1 aromatic carbocycles. The number of rotatable bonds is 4. The van der Waals surface area contributed by atoms with Gasteiger partial charge in [-0.3, -0.25) is 4.99 Å². The van der Waals surface area contributed by atoms with Crippen LogP contribution in [0.2, 0.25) is 0 Å². The van der Waals surface area contributed by atoms with Crippen molar-refractivity contribution in [3.63, 3.8) is 0 Å². The van der Waals surface area contributed by atoms with Crippen molar-refractivity contribution < 1.29 is 13.5 Å². The predicted octanol–water partition coefficient (Wildman–Crippen LogP) is 1.28. The Balaban J connectivity index is 2.27. The van der Waals surface area contributed by atoms with Gasteiger partial charge in [-0.1, -0.05) is 6.07 Å². The lowest BCUT2D eigenvalue weighted by Gasteiger charge is -2.26. The van der Waals surface area contributed by atoms with Gasteiger partial charge in [0.1, 0.15) is 11.6 Å². The fourth-order valence-corrected chi connectivity index (χ4v) is 2.07. The third-order valence-corrected chi connectivity index (χ3v) is 2.97. The largest absolute Gasteiger partial charge is 0.383 e. The summed E-state index contributed by atoms with van der Waals surface area (Å²) in [4.78, 5) is 5.70. The number of aliphatic imine (C=N–C) groups is 1. The smallest absolute Gasteiger partial charge is 0.192 e. The molecule has 18 heavy (non-hydrogen) atoms. The second kappa shape index (κ2) is 5.30. The summed E-state index contributed by atoms with van der Waals surface area (Å²) in [6, 6.07) is 3.32. The van der Waals surface area contributed by atoms with Gasteiger partial charge in [-0.15, -0.1) is 0 Å². The topological polar surface area (TPSA) is 50.9 Å².